The molecule has 1 atom stereocenters. The summed E-state index contributed by atoms with van der Waals surface area (Å²) >= 11 is 0. The summed E-state index contributed by atoms with van der Waals surface area (Å²) in [6.07, 6.45) is 0.777. The molecule has 3 rings (SSSR count). The first-order valence-corrected chi connectivity index (χ1v) is 8.77. The summed E-state index contributed by atoms with van der Waals surface area (Å²) in [4.78, 5) is 30.5. The van der Waals surface area contributed by atoms with Gasteiger partial charge in [-0.25, -0.2) is 8.78 Å². The van der Waals surface area contributed by atoms with Gasteiger partial charge in [-0.2, -0.15) is 0 Å². The Morgan fingerprint density at radius 1 is 1.15 bits per heavy atom. The van der Waals surface area contributed by atoms with Crippen LogP contribution in [0.25, 0.3) is 0 Å². The van der Waals surface area contributed by atoms with Gasteiger partial charge in [0.1, 0.15) is 0 Å². The van der Waals surface area contributed by atoms with Crippen LogP contribution >= 0.6 is 0 Å². The Kier molecular flexibility index (Phi) is 5.83. The molecule has 2 heterocycles. The summed E-state index contributed by atoms with van der Waals surface area (Å²) in [5.74, 6) is -2.20. The zero-order chi connectivity index (χ0) is 18.7. The van der Waals surface area contributed by atoms with Gasteiger partial charge < -0.3 is 14.5 Å². The van der Waals surface area contributed by atoms with Crippen molar-refractivity contribution in [1.29, 1.82) is 0 Å². The monoisotopic (exact) mass is 367 g/mol. The Morgan fingerprint density at radius 2 is 1.88 bits per heavy atom. The van der Waals surface area contributed by atoms with Gasteiger partial charge in [0.2, 0.25) is 5.91 Å². The van der Waals surface area contributed by atoms with E-state index in [1.807, 2.05) is 4.90 Å². The van der Waals surface area contributed by atoms with E-state index in [1.165, 1.54) is 6.07 Å². The van der Waals surface area contributed by atoms with Gasteiger partial charge in [-0.05, 0) is 24.6 Å². The fourth-order valence-corrected chi connectivity index (χ4v) is 3.53. The SMILES string of the molecule is COCCN1CCC(N2CCN(C(=O)c3ccc(F)c(F)c3)CC2)C1=O. The van der Waals surface area contributed by atoms with Crippen LogP contribution in [0, 0.1) is 11.6 Å². The number of nitrogens with zero attached hydrogens (tertiary/aromatic N) is 3. The molecular formula is C18H23F2N3O3. The predicted octanol–water partition coefficient (Wildman–Crippen LogP) is 0.970. The fourth-order valence-electron chi connectivity index (χ4n) is 3.53. The number of hydrogen-bond donors (Lipinski definition) is 0. The zero-order valence-electron chi connectivity index (χ0n) is 14.8. The normalized spacial score (nSPS) is 21.5. The Morgan fingerprint density at radius 3 is 2.54 bits per heavy atom. The van der Waals surface area contributed by atoms with Gasteiger partial charge >= 0.3 is 0 Å². The molecule has 2 saturated heterocycles. The smallest absolute Gasteiger partial charge is 0.254 e. The minimum Gasteiger partial charge on any atom is -0.383 e. The standard InChI is InChI=1S/C18H23F2N3O3/c1-26-11-10-22-5-4-16(18(22)25)21-6-8-23(9-7-21)17(24)13-2-3-14(19)15(20)12-13/h2-3,12,16H,4-11H2,1H3. The van der Waals surface area contributed by atoms with Crippen molar-refractivity contribution in [3.8, 4) is 0 Å². The molecule has 142 valence electrons. The van der Waals surface area contributed by atoms with E-state index in [4.69, 9.17) is 4.74 Å². The highest BCUT2D eigenvalue weighted by Crippen LogP contribution is 2.20. The van der Waals surface area contributed by atoms with Gasteiger partial charge in [0.15, 0.2) is 11.6 Å². The van der Waals surface area contributed by atoms with Crippen LogP contribution in [0.1, 0.15) is 16.8 Å². The molecule has 1 aromatic rings. The first kappa shape index (κ1) is 18.7. The lowest BCUT2D eigenvalue weighted by Gasteiger charge is -2.37. The van der Waals surface area contributed by atoms with E-state index in [0.717, 1.165) is 25.1 Å². The molecule has 2 fully saturated rings. The summed E-state index contributed by atoms with van der Waals surface area (Å²) in [6.45, 7) is 3.93. The molecule has 0 aliphatic carbocycles. The number of amides is 2. The van der Waals surface area contributed by atoms with Gasteiger partial charge in [-0.1, -0.05) is 0 Å². The number of ether oxygens (including phenoxy) is 1. The average Bonchev–Trinajstić information content (AvgIpc) is 3.02. The molecule has 0 radical (unpaired) electrons. The zero-order valence-corrected chi connectivity index (χ0v) is 14.8. The van der Waals surface area contributed by atoms with Crippen LogP contribution in [-0.4, -0.2) is 85.5 Å². The molecule has 1 aromatic carbocycles. The molecule has 6 nitrogen and oxygen atoms in total. The molecule has 26 heavy (non-hydrogen) atoms. The molecule has 0 N–H and O–H groups in total. The topological polar surface area (TPSA) is 53.1 Å². The Balaban J connectivity index is 1.55. The molecule has 0 saturated carbocycles. The lowest BCUT2D eigenvalue weighted by molar-refractivity contribution is -0.133. The van der Waals surface area contributed by atoms with Crippen molar-refractivity contribution >= 4 is 11.8 Å². The number of carbonyl (C=O) groups excluding carboxylic acids is 2. The second-order valence-corrected chi connectivity index (χ2v) is 6.58. The first-order chi connectivity index (χ1) is 12.5. The van der Waals surface area contributed by atoms with E-state index in [2.05, 4.69) is 4.90 Å². The summed E-state index contributed by atoms with van der Waals surface area (Å²) in [6, 6.07) is 3.04. The maximum Gasteiger partial charge on any atom is 0.254 e. The third-order valence-corrected chi connectivity index (χ3v) is 5.04. The highest BCUT2D eigenvalue weighted by molar-refractivity contribution is 5.94. The van der Waals surface area contributed by atoms with Crippen molar-refractivity contribution in [3.63, 3.8) is 0 Å². The van der Waals surface area contributed by atoms with E-state index in [9.17, 15) is 18.4 Å². The molecule has 2 aliphatic heterocycles. The minimum atomic E-state index is -1.03. The van der Waals surface area contributed by atoms with Crippen LogP contribution in [-0.2, 0) is 9.53 Å². The Hall–Kier alpha value is -2.06. The number of benzene rings is 1. The molecule has 2 amide bonds. The number of piperazine rings is 1. The van der Waals surface area contributed by atoms with Crippen molar-refractivity contribution in [2.75, 3.05) is 53.0 Å². The lowest BCUT2D eigenvalue weighted by atomic mass is 10.1. The van der Waals surface area contributed by atoms with Crippen LogP contribution in [0.4, 0.5) is 8.78 Å². The molecule has 8 heteroatoms. The van der Waals surface area contributed by atoms with Gasteiger partial charge in [-0.3, -0.25) is 14.5 Å². The number of halogens is 2. The highest BCUT2D eigenvalue weighted by Gasteiger charge is 2.37. The average molecular weight is 367 g/mol. The molecule has 2 aliphatic rings. The largest absolute Gasteiger partial charge is 0.383 e. The van der Waals surface area contributed by atoms with E-state index >= 15 is 0 Å². The van der Waals surface area contributed by atoms with Crippen molar-refractivity contribution in [3.05, 3.63) is 35.4 Å². The maximum absolute atomic E-state index is 13.3. The Labute approximate surface area is 151 Å². The molecule has 0 bridgehead atoms. The summed E-state index contributed by atoms with van der Waals surface area (Å²) in [5.41, 5.74) is 0.139. The van der Waals surface area contributed by atoms with Crippen molar-refractivity contribution in [2.24, 2.45) is 0 Å². The number of methoxy groups -OCH3 is 1. The third-order valence-electron chi connectivity index (χ3n) is 5.04. The van der Waals surface area contributed by atoms with Crippen molar-refractivity contribution in [2.45, 2.75) is 12.5 Å². The van der Waals surface area contributed by atoms with E-state index < -0.39 is 11.6 Å². The van der Waals surface area contributed by atoms with Crippen LogP contribution in [0.5, 0.6) is 0 Å². The molecule has 0 aromatic heterocycles. The minimum absolute atomic E-state index is 0.113. The first-order valence-electron chi connectivity index (χ1n) is 8.77. The number of likely N-dealkylation sites (tertiary alicyclic amines) is 1. The van der Waals surface area contributed by atoms with E-state index in [1.54, 1.807) is 12.0 Å². The summed E-state index contributed by atoms with van der Waals surface area (Å²) in [7, 11) is 1.61. The van der Waals surface area contributed by atoms with Crippen molar-refractivity contribution in [1.82, 2.24) is 14.7 Å². The summed E-state index contributed by atoms with van der Waals surface area (Å²) in [5, 5.41) is 0. The lowest BCUT2D eigenvalue weighted by Crippen LogP contribution is -2.53. The number of carbonyl (C=O) groups is 2. The second-order valence-electron chi connectivity index (χ2n) is 6.58. The number of rotatable bonds is 5. The molecule has 1 unspecified atom stereocenters. The van der Waals surface area contributed by atoms with Crippen LogP contribution in [0.2, 0.25) is 0 Å². The second kappa shape index (κ2) is 8.09. The predicted molar refractivity (Wildman–Crippen MR) is 90.7 cm³/mol. The molecule has 0 spiro atoms. The van der Waals surface area contributed by atoms with E-state index in [0.29, 0.717) is 39.3 Å². The third kappa shape index (κ3) is 3.86. The van der Waals surface area contributed by atoms with Crippen LogP contribution in [0.3, 0.4) is 0 Å². The van der Waals surface area contributed by atoms with Crippen LogP contribution < -0.4 is 0 Å². The molecular weight excluding hydrogens is 344 g/mol. The van der Waals surface area contributed by atoms with Crippen molar-refractivity contribution < 1.29 is 23.1 Å². The maximum atomic E-state index is 13.3. The van der Waals surface area contributed by atoms with Gasteiger partial charge in [0.25, 0.3) is 5.91 Å². The Bertz CT molecular complexity index is 678. The summed E-state index contributed by atoms with van der Waals surface area (Å²) < 4.78 is 31.4. The van der Waals surface area contributed by atoms with Crippen LogP contribution in [0.15, 0.2) is 18.2 Å². The van der Waals surface area contributed by atoms with E-state index in [-0.39, 0.29) is 23.4 Å². The quantitative estimate of drug-likeness (QED) is 0.778. The van der Waals surface area contributed by atoms with Gasteiger partial charge in [0.05, 0.1) is 12.6 Å². The highest BCUT2D eigenvalue weighted by atomic mass is 19.2. The number of hydrogen-bond acceptors (Lipinski definition) is 4. The fraction of sp³-hybridized carbons (Fsp3) is 0.556. The van der Waals surface area contributed by atoms with Gasteiger partial charge in [0, 0.05) is 51.9 Å². The van der Waals surface area contributed by atoms with Gasteiger partial charge in [-0.15, -0.1) is 0 Å².